The number of benzene rings is 2. The molecule has 0 saturated carbocycles. The Labute approximate surface area is 270 Å². The van der Waals surface area contributed by atoms with Gasteiger partial charge in [0.25, 0.3) is 0 Å². The second-order valence-electron chi connectivity index (χ2n) is 12.3. The number of unbranched alkanes of at least 4 members (excludes halogenated alkanes) is 4. The maximum atomic E-state index is 13.4. The summed E-state index contributed by atoms with van der Waals surface area (Å²) in [5.74, 6) is -0.512. The second-order valence-corrected chi connectivity index (χ2v) is 12.3. The number of hydrogen-bond acceptors (Lipinski definition) is 8. The molecule has 0 spiro atoms. The van der Waals surface area contributed by atoms with E-state index in [1.54, 1.807) is 12.1 Å². The SMILES string of the molecule is CCCCN(CCCC)CC/C(=N/O)C(=O)c1ccc2c(c1)Cc1cc(C(=O)/C(CCN(CCCC)CCCC)=N\O)ccc1-2. The number of hydrogen-bond donors (Lipinski definition) is 2. The molecule has 1 aliphatic rings. The number of nitrogens with zero attached hydrogens (tertiary/aromatic N) is 4. The molecule has 45 heavy (non-hydrogen) atoms. The van der Waals surface area contributed by atoms with Crippen LogP contribution >= 0.6 is 0 Å². The van der Waals surface area contributed by atoms with Gasteiger partial charge in [0.15, 0.2) is 0 Å². The molecule has 0 saturated heterocycles. The van der Waals surface area contributed by atoms with Crippen molar-refractivity contribution in [1.29, 1.82) is 0 Å². The summed E-state index contributed by atoms with van der Waals surface area (Å²) in [6.45, 7) is 14.0. The summed E-state index contributed by atoms with van der Waals surface area (Å²) in [6.07, 6.45) is 10.3. The Morgan fingerprint density at radius 2 is 0.956 bits per heavy atom. The van der Waals surface area contributed by atoms with Gasteiger partial charge >= 0.3 is 0 Å². The van der Waals surface area contributed by atoms with Crippen LogP contribution in [-0.4, -0.2) is 82.5 Å². The van der Waals surface area contributed by atoms with E-state index in [1.807, 2.05) is 24.3 Å². The molecule has 0 atom stereocenters. The molecule has 246 valence electrons. The van der Waals surface area contributed by atoms with Crippen LogP contribution in [0.3, 0.4) is 0 Å². The highest BCUT2D eigenvalue weighted by Crippen LogP contribution is 2.37. The quantitative estimate of drug-likeness (QED) is 0.0514. The fourth-order valence-electron chi connectivity index (χ4n) is 5.97. The number of oxime groups is 2. The van der Waals surface area contributed by atoms with Crippen molar-refractivity contribution in [2.45, 2.75) is 98.3 Å². The number of Topliss-reactive ketones (excluding diaryl/α,β-unsaturated/α-hetero) is 2. The molecule has 2 N–H and O–H groups in total. The third kappa shape index (κ3) is 10.3. The van der Waals surface area contributed by atoms with Crippen LogP contribution in [0.25, 0.3) is 11.1 Å². The summed E-state index contributed by atoms with van der Waals surface area (Å²) < 4.78 is 0. The van der Waals surface area contributed by atoms with Crippen molar-refractivity contribution in [2.75, 3.05) is 39.3 Å². The molecule has 0 radical (unpaired) electrons. The van der Waals surface area contributed by atoms with Crippen LogP contribution < -0.4 is 0 Å². The summed E-state index contributed by atoms with van der Waals surface area (Å²) in [6, 6.07) is 11.3. The molecular formula is C37H54N4O4. The molecule has 0 aromatic heterocycles. The highest BCUT2D eigenvalue weighted by molar-refractivity contribution is 6.46. The molecule has 0 bridgehead atoms. The maximum absolute atomic E-state index is 13.4. The Kier molecular flexibility index (Phi) is 15.4. The first kappa shape index (κ1) is 36.1. The van der Waals surface area contributed by atoms with E-state index in [4.69, 9.17) is 0 Å². The average Bonchev–Trinajstić information content (AvgIpc) is 3.43. The molecule has 3 rings (SSSR count). The first-order valence-electron chi connectivity index (χ1n) is 17.1. The largest absolute Gasteiger partial charge is 0.411 e. The van der Waals surface area contributed by atoms with Crippen LogP contribution in [0.4, 0.5) is 0 Å². The van der Waals surface area contributed by atoms with Gasteiger partial charge in [-0.25, -0.2) is 0 Å². The Bertz CT molecular complexity index is 1200. The van der Waals surface area contributed by atoms with Gasteiger partial charge in [-0.2, -0.15) is 0 Å². The number of ketones is 2. The van der Waals surface area contributed by atoms with Crippen LogP contribution in [-0.2, 0) is 6.42 Å². The van der Waals surface area contributed by atoms with Crippen LogP contribution in [0.1, 0.15) is 124 Å². The molecule has 0 amide bonds. The van der Waals surface area contributed by atoms with Gasteiger partial charge in [0, 0.05) is 37.1 Å². The average molecular weight is 619 g/mol. The van der Waals surface area contributed by atoms with Crippen LogP contribution in [0.2, 0.25) is 0 Å². The Morgan fingerprint density at radius 1 is 0.600 bits per heavy atom. The molecule has 8 nitrogen and oxygen atoms in total. The minimum Gasteiger partial charge on any atom is -0.411 e. The Morgan fingerprint density at radius 3 is 1.27 bits per heavy atom. The number of carbonyl (C=O) groups excluding carboxylic acids is 2. The number of rotatable bonds is 22. The van der Waals surface area contributed by atoms with Gasteiger partial charge in [0.1, 0.15) is 11.4 Å². The van der Waals surface area contributed by atoms with Crippen molar-refractivity contribution in [2.24, 2.45) is 10.3 Å². The van der Waals surface area contributed by atoms with Gasteiger partial charge in [-0.05, 0) is 92.7 Å². The first-order chi connectivity index (χ1) is 21.9. The van der Waals surface area contributed by atoms with E-state index in [9.17, 15) is 20.0 Å². The van der Waals surface area contributed by atoms with Gasteiger partial charge in [-0.15, -0.1) is 0 Å². The molecule has 0 fully saturated rings. The Balaban J connectivity index is 1.68. The van der Waals surface area contributed by atoms with Gasteiger partial charge in [0.2, 0.25) is 11.6 Å². The minimum absolute atomic E-state index is 0.176. The Hall–Kier alpha value is -3.36. The molecular weight excluding hydrogens is 564 g/mol. The van der Waals surface area contributed by atoms with Crippen molar-refractivity contribution in [3.8, 4) is 11.1 Å². The maximum Gasteiger partial charge on any atom is 0.210 e. The topological polar surface area (TPSA) is 106 Å². The van der Waals surface area contributed by atoms with Crippen molar-refractivity contribution in [3.05, 3.63) is 58.7 Å². The summed E-state index contributed by atoms with van der Waals surface area (Å²) >= 11 is 0. The molecule has 0 heterocycles. The zero-order valence-corrected chi connectivity index (χ0v) is 28.0. The predicted molar refractivity (Wildman–Crippen MR) is 184 cm³/mol. The fraction of sp³-hybridized carbons (Fsp3) is 0.568. The summed E-state index contributed by atoms with van der Waals surface area (Å²) in [5, 5.41) is 26.3. The van der Waals surface area contributed by atoms with Gasteiger partial charge in [-0.3, -0.25) is 9.59 Å². The molecule has 0 unspecified atom stereocenters. The number of carbonyl (C=O) groups is 2. The zero-order valence-electron chi connectivity index (χ0n) is 28.0. The van der Waals surface area contributed by atoms with E-state index >= 15 is 0 Å². The number of fused-ring (bicyclic) bond motifs is 3. The standard InChI is InChI=1S/C37H54N4O4/c1-5-9-19-40(20-10-6-2)23-17-34(38-44)36(42)28-13-15-32-30(25-28)27-31-26-29(14-16-33(31)32)37(43)35(39-45)18-24-41(21-11-7-3)22-12-8-4/h13-16,25-26,44-45H,5-12,17-24,27H2,1-4H3/b38-34-,39-35-. The van der Waals surface area contributed by atoms with Crippen molar-refractivity contribution in [3.63, 3.8) is 0 Å². The molecule has 1 aliphatic carbocycles. The van der Waals surface area contributed by atoms with Crippen molar-refractivity contribution >= 4 is 23.0 Å². The summed E-state index contributed by atoms with van der Waals surface area (Å²) in [7, 11) is 0. The molecule has 2 aromatic carbocycles. The normalized spacial score (nSPS) is 13.0. The highest BCUT2D eigenvalue weighted by Gasteiger charge is 2.25. The predicted octanol–water partition coefficient (Wildman–Crippen LogP) is 7.87. The monoisotopic (exact) mass is 618 g/mol. The lowest BCUT2D eigenvalue weighted by Gasteiger charge is -2.21. The smallest absolute Gasteiger partial charge is 0.210 e. The third-order valence-electron chi connectivity index (χ3n) is 8.81. The third-order valence-corrected chi connectivity index (χ3v) is 8.81. The lowest BCUT2D eigenvalue weighted by atomic mass is 9.97. The summed E-state index contributed by atoms with van der Waals surface area (Å²) in [5.41, 5.74) is 5.44. The second kappa shape index (κ2) is 19.2. The molecule has 0 aliphatic heterocycles. The lowest BCUT2D eigenvalue weighted by molar-refractivity contribution is 0.105. The minimum atomic E-state index is -0.256. The van der Waals surface area contributed by atoms with E-state index in [0.717, 1.165) is 99.8 Å². The summed E-state index contributed by atoms with van der Waals surface area (Å²) in [4.78, 5) is 31.4. The lowest BCUT2D eigenvalue weighted by Crippen LogP contribution is -2.30. The van der Waals surface area contributed by atoms with Gasteiger partial charge in [-0.1, -0.05) is 88.0 Å². The van der Waals surface area contributed by atoms with E-state index in [2.05, 4.69) is 47.8 Å². The van der Waals surface area contributed by atoms with E-state index in [-0.39, 0.29) is 23.0 Å². The van der Waals surface area contributed by atoms with E-state index in [1.165, 1.54) is 0 Å². The zero-order chi connectivity index (χ0) is 32.6. The van der Waals surface area contributed by atoms with Gasteiger partial charge < -0.3 is 20.2 Å². The van der Waals surface area contributed by atoms with E-state index < -0.39 is 0 Å². The van der Waals surface area contributed by atoms with Crippen LogP contribution in [0.5, 0.6) is 0 Å². The van der Waals surface area contributed by atoms with E-state index in [0.29, 0.717) is 43.5 Å². The van der Waals surface area contributed by atoms with Crippen LogP contribution in [0.15, 0.2) is 46.7 Å². The highest BCUT2D eigenvalue weighted by atomic mass is 16.4. The van der Waals surface area contributed by atoms with Gasteiger partial charge in [0.05, 0.1) is 0 Å². The molecule has 8 heteroatoms. The fourth-order valence-corrected chi connectivity index (χ4v) is 5.97. The van der Waals surface area contributed by atoms with Crippen molar-refractivity contribution in [1.82, 2.24) is 9.80 Å². The molecule has 2 aromatic rings. The van der Waals surface area contributed by atoms with Crippen LogP contribution in [0, 0.1) is 0 Å². The first-order valence-corrected chi connectivity index (χ1v) is 17.1. The van der Waals surface area contributed by atoms with Crippen molar-refractivity contribution < 1.29 is 20.0 Å².